The average molecular weight is 231 g/mol. The Bertz CT molecular complexity index is 374. The van der Waals surface area contributed by atoms with Crippen molar-refractivity contribution in [1.29, 1.82) is 0 Å². The fourth-order valence-corrected chi connectivity index (χ4v) is 2.52. The Labute approximate surface area is 104 Å². The molecule has 17 heavy (non-hydrogen) atoms. The Balaban J connectivity index is 2.08. The van der Waals surface area contributed by atoms with E-state index in [1.54, 1.807) is 0 Å². The summed E-state index contributed by atoms with van der Waals surface area (Å²) >= 11 is 0. The number of hydrogen-bond donors (Lipinski definition) is 0. The van der Waals surface area contributed by atoms with E-state index in [1.165, 1.54) is 19.3 Å². The van der Waals surface area contributed by atoms with Crippen LogP contribution < -0.4 is 4.90 Å². The van der Waals surface area contributed by atoms with E-state index in [2.05, 4.69) is 4.90 Å². The minimum atomic E-state index is 0.272. The third-order valence-corrected chi connectivity index (χ3v) is 3.64. The van der Waals surface area contributed by atoms with Crippen molar-refractivity contribution >= 4 is 11.5 Å². The fraction of sp³-hybridized carbons (Fsp3) is 0.533. The first-order valence-corrected chi connectivity index (χ1v) is 6.50. The monoisotopic (exact) mass is 231 g/mol. The van der Waals surface area contributed by atoms with E-state index >= 15 is 0 Å². The molecule has 0 N–H and O–H groups in total. The SMILES string of the molecule is CN(C)c1ccc(C(=O)C2CCCCC2)cc1. The van der Waals surface area contributed by atoms with Gasteiger partial charge in [0.05, 0.1) is 0 Å². The number of rotatable bonds is 3. The number of benzene rings is 1. The van der Waals surface area contributed by atoms with Crippen LogP contribution in [-0.4, -0.2) is 19.9 Å². The van der Waals surface area contributed by atoms with Gasteiger partial charge in [0.1, 0.15) is 0 Å². The molecule has 0 saturated heterocycles. The van der Waals surface area contributed by atoms with Crippen LogP contribution in [0.4, 0.5) is 5.69 Å². The first-order valence-electron chi connectivity index (χ1n) is 6.50. The lowest BCUT2D eigenvalue weighted by atomic mass is 9.84. The van der Waals surface area contributed by atoms with Crippen LogP contribution >= 0.6 is 0 Å². The second kappa shape index (κ2) is 5.35. The Morgan fingerprint density at radius 3 is 2.18 bits per heavy atom. The van der Waals surface area contributed by atoms with Gasteiger partial charge in [0.2, 0.25) is 0 Å². The summed E-state index contributed by atoms with van der Waals surface area (Å²) in [7, 11) is 4.02. The normalized spacial score (nSPS) is 16.8. The maximum Gasteiger partial charge on any atom is 0.165 e. The van der Waals surface area contributed by atoms with Crippen molar-refractivity contribution in [2.24, 2.45) is 5.92 Å². The van der Waals surface area contributed by atoms with E-state index in [4.69, 9.17) is 0 Å². The number of Topliss-reactive ketones (excluding diaryl/α,β-unsaturated/α-hetero) is 1. The third-order valence-electron chi connectivity index (χ3n) is 3.64. The van der Waals surface area contributed by atoms with Gasteiger partial charge >= 0.3 is 0 Å². The minimum absolute atomic E-state index is 0.272. The number of hydrogen-bond acceptors (Lipinski definition) is 2. The molecular weight excluding hydrogens is 210 g/mol. The highest BCUT2D eigenvalue weighted by Gasteiger charge is 2.22. The molecule has 0 amide bonds. The van der Waals surface area contributed by atoms with Crippen LogP contribution in [0.2, 0.25) is 0 Å². The number of carbonyl (C=O) groups is 1. The zero-order chi connectivity index (χ0) is 12.3. The van der Waals surface area contributed by atoms with Crippen molar-refractivity contribution < 1.29 is 4.79 Å². The van der Waals surface area contributed by atoms with Crippen LogP contribution in [0, 0.1) is 5.92 Å². The Hall–Kier alpha value is -1.31. The maximum absolute atomic E-state index is 12.3. The van der Waals surface area contributed by atoms with Crippen molar-refractivity contribution in [2.75, 3.05) is 19.0 Å². The average Bonchev–Trinajstić information content (AvgIpc) is 2.39. The van der Waals surface area contributed by atoms with Crippen LogP contribution in [0.3, 0.4) is 0 Å². The summed E-state index contributed by atoms with van der Waals surface area (Å²) in [5.41, 5.74) is 2.02. The predicted molar refractivity (Wildman–Crippen MR) is 71.7 cm³/mol. The summed E-state index contributed by atoms with van der Waals surface area (Å²) in [6, 6.07) is 7.98. The lowest BCUT2D eigenvalue weighted by Crippen LogP contribution is -2.18. The Morgan fingerprint density at radius 1 is 1.06 bits per heavy atom. The van der Waals surface area contributed by atoms with Crippen molar-refractivity contribution in [3.63, 3.8) is 0 Å². The van der Waals surface area contributed by atoms with Gasteiger partial charge in [-0.15, -0.1) is 0 Å². The van der Waals surface area contributed by atoms with E-state index in [0.29, 0.717) is 5.78 Å². The van der Waals surface area contributed by atoms with E-state index in [-0.39, 0.29) is 5.92 Å². The minimum Gasteiger partial charge on any atom is -0.378 e. The fourth-order valence-electron chi connectivity index (χ4n) is 2.52. The molecular formula is C15H21NO. The van der Waals surface area contributed by atoms with Crippen molar-refractivity contribution in [2.45, 2.75) is 32.1 Å². The molecule has 0 aromatic heterocycles. The molecule has 2 nitrogen and oxygen atoms in total. The van der Waals surface area contributed by atoms with Gasteiger partial charge in [0.15, 0.2) is 5.78 Å². The molecule has 0 atom stereocenters. The van der Waals surface area contributed by atoms with Gasteiger partial charge in [-0.2, -0.15) is 0 Å². The van der Waals surface area contributed by atoms with Crippen molar-refractivity contribution in [3.8, 4) is 0 Å². The highest BCUT2D eigenvalue weighted by Crippen LogP contribution is 2.27. The van der Waals surface area contributed by atoms with Crippen LogP contribution in [0.25, 0.3) is 0 Å². The molecule has 0 spiro atoms. The highest BCUT2D eigenvalue weighted by atomic mass is 16.1. The number of anilines is 1. The molecule has 1 fully saturated rings. The maximum atomic E-state index is 12.3. The lowest BCUT2D eigenvalue weighted by molar-refractivity contribution is 0.0889. The highest BCUT2D eigenvalue weighted by molar-refractivity contribution is 5.98. The smallest absolute Gasteiger partial charge is 0.165 e. The number of carbonyl (C=O) groups excluding carboxylic acids is 1. The van der Waals surface area contributed by atoms with Crippen molar-refractivity contribution in [3.05, 3.63) is 29.8 Å². The van der Waals surface area contributed by atoms with E-state index in [9.17, 15) is 4.79 Å². The second-order valence-electron chi connectivity index (χ2n) is 5.14. The van der Waals surface area contributed by atoms with Gasteiger partial charge in [-0.3, -0.25) is 4.79 Å². The van der Waals surface area contributed by atoms with Crippen LogP contribution in [0.1, 0.15) is 42.5 Å². The topological polar surface area (TPSA) is 20.3 Å². The van der Waals surface area contributed by atoms with Crippen LogP contribution in [0.15, 0.2) is 24.3 Å². The quantitative estimate of drug-likeness (QED) is 0.742. The summed E-state index contributed by atoms with van der Waals surface area (Å²) in [6.07, 6.45) is 5.88. The van der Waals surface area contributed by atoms with Crippen molar-refractivity contribution in [1.82, 2.24) is 0 Å². The van der Waals surface area contributed by atoms with Crippen LogP contribution in [0.5, 0.6) is 0 Å². The molecule has 1 aliphatic rings. The van der Waals surface area contributed by atoms with Gasteiger partial charge < -0.3 is 4.90 Å². The summed E-state index contributed by atoms with van der Waals surface area (Å²) < 4.78 is 0. The van der Waals surface area contributed by atoms with E-state index in [1.807, 2.05) is 38.4 Å². The van der Waals surface area contributed by atoms with Gasteiger partial charge in [0.25, 0.3) is 0 Å². The van der Waals surface area contributed by atoms with E-state index < -0.39 is 0 Å². The molecule has 1 saturated carbocycles. The molecule has 1 aromatic carbocycles. The molecule has 0 heterocycles. The second-order valence-corrected chi connectivity index (χ2v) is 5.14. The molecule has 0 unspecified atom stereocenters. The molecule has 2 heteroatoms. The largest absolute Gasteiger partial charge is 0.378 e. The lowest BCUT2D eigenvalue weighted by Gasteiger charge is -2.20. The van der Waals surface area contributed by atoms with Gasteiger partial charge in [-0.1, -0.05) is 19.3 Å². The molecule has 2 rings (SSSR count). The number of ketones is 1. The Morgan fingerprint density at radius 2 is 1.65 bits per heavy atom. The van der Waals surface area contributed by atoms with E-state index in [0.717, 1.165) is 24.1 Å². The summed E-state index contributed by atoms with van der Waals surface area (Å²) in [5, 5.41) is 0. The summed E-state index contributed by atoms with van der Waals surface area (Å²) in [6.45, 7) is 0. The van der Waals surface area contributed by atoms with Crippen LogP contribution in [-0.2, 0) is 0 Å². The zero-order valence-electron chi connectivity index (χ0n) is 10.8. The van der Waals surface area contributed by atoms with Gasteiger partial charge in [-0.25, -0.2) is 0 Å². The number of nitrogens with zero attached hydrogens (tertiary/aromatic N) is 1. The third kappa shape index (κ3) is 2.87. The predicted octanol–water partition coefficient (Wildman–Crippen LogP) is 3.52. The molecule has 1 aromatic rings. The first kappa shape index (κ1) is 12.2. The molecule has 0 aliphatic heterocycles. The Kier molecular flexibility index (Phi) is 3.82. The summed E-state index contributed by atoms with van der Waals surface area (Å²) in [4.78, 5) is 14.3. The standard InChI is InChI=1S/C15H21NO/c1-16(2)14-10-8-13(9-11-14)15(17)12-6-4-3-5-7-12/h8-12H,3-7H2,1-2H3. The zero-order valence-corrected chi connectivity index (χ0v) is 10.8. The van der Waals surface area contributed by atoms with Gasteiger partial charge in [-0.05, 0) is 37.1 Å². The van der Waals surface area contributed by atoms with Gasteiger partial charge in [0, 0.05) is 31.3 Å². The molecule has 1 aliphatic carbocycles. The first-order chi connectivity index (χ1) is 8.18. The molecule has 0 radical (unpaired) electrons. The molecule has 0 bridgehead atoms. The molecule has 92 valence electrons. The summed E-state index contributed by atoms with van der Waals surface area (Å²) in [5.74, 6) is 0.615.